The Morgan fingerprint density at radius 3 is 0.667 bits per heavy atom. The molecule has 0 spiro atoms. The van der Waals surface area contributed by atoms with Gasteiger partial charge in [0.1, 0.15) is 0 Å². The summed E-state index contributed by atoms with van der Waals surface area (Å²) >= 11 is 0. The third-order valence-electron chi connectivity index (χ3n) is 2.60. The molecule has 0 saturated carbocycles. The zero-order chi connectivity index (χ0) is 18.9. The summed E-state index contributed by atoms with van der Waals surface area (Å²) in [5.41, 5.74) is -2.24. The molecule has 0 aromatic heterocycles. The van der Waals surface area contributed by atoms with Gasteiger partial charge < -0.3 is 34.0 Å². The Hall–Kier alpha value is -0.501. The molecule has 0 bridgehead atoms. The summed E-state index contributed by atoms with van der Waals surface area (Å²) in [7, 11) is 0. The largest absolute Gasteiger partial charge is 2.00 e. The Morgan fingerprint density at radius 1 is 0.370 bits per heavy atom. The SMILES string of the molecule is C=C1C(F)=C(F)[C](F)C(F)=C1F.C=C1C(F)=C(F)[C](F)C(F)=C1F.[Br-].[Br-].[Sn+2]. The van der Waals surface area contributed by atoms with Crippen LogP contribution in [0.25, 0.3) is 0 Å². The smallest absolute Gasteiger partial charge is 1.00 e. The van der Waals surface area contributed by atoms with Gasteiger partial charge in [0.15, 0.2) is 46.6 Å². The summed E-state index contributed by atoms with van der Waals surface area (Å²) < 4.78 is 123. The molecule has 2 aliphatic carbocycles. The van der Waals surface area contributed by atoms with E-state index in [2.05, 4.69) is 13.2 Å². The minimum absolute atomic E-state index is 0. The topological polar surface area (TPSA) is 0 Å². The first kappa shape index (κ1) is 31.2. The van der Waals surface area contributed by atoms with E-state index in [9.17, 15) is 43.9 Å². The van der Waals surface area contributed by atoms with Gasteiger partial charge in [-0.15, -0.1) is 0 Å². The molecule has 0 unspecified atom stereocenters. The van der Waals surface area contributed by atoms with Crippen molar-refractivity contribution in [1.29, 1.82) is 0 Å². The van der Waals surface area contributed by atoms with E-state index in [1.807, 2.05) is 0 Å². The van der Waals surface area contributed by atoms with E-state index >= 15 is 0 Å². The second-order valence-corrected chi connectivity index (χ2v) is 4.10. The summed E-state index contributed by atoms with van der Waals surface area (Å²) in [5, 5.41) is 0. The number of hydrogen-bond acceptors (Lipinski definition) is 0. The first-order valence-electron chi connectivity index (χ1n) is 5.60. The fourth-order valence-corrected chi connectivity index (χ4v) is 1.30. The van der Waals surface area contributed by atoms with Crippen LogP contribution >= 0.6 is 0 Å². The molecule has 2 rings (SSSR count). The molecule has 0 amide bonds. The number of halogens is 12. The predicted molar refractivity (Wildman–Crippen MR) is 69.7 cm³/mol. The normalized spacial score (nSPS) is 18.6. The average Bonchev–Trinajstić information content (AvgIpc) is 2.58. The van der Waals surface area contributed by atoms with Gasteiger partial charge >= 0.3 is 23.9 Å². The van der Waals surface area contributed by atoms with Crippen LogP contribution in [0, 0.1) is 12.3 Å². The van der Waals surface area contributed by atoms with Crippen molar-refractivity contribution < 1.29 is 77.9 Å². The van der Waals surface area contributed by atoms with Crippen molar-refractivity contribution in [3.05, 3.63) is 83.3 Å². The third-order valence-corrected chi connectivity index (χ3v) is 2.60. The second-order valence-electron chi connectivity index (χ2n) is 4.10. The van der Waals surface area contributed by atoms with E-state index in [4.69, 9.17) is 0 Å². The summed E-state index contributed by atoms with van der Waals surface area (Å²) in [6.45, 7) is 5.37. The minimum atomic E-state index is -2.17. The van der Waals surface area contributed by atoms with Gasteiger partial charge in [-0.1, -0.05) is 13.2 Å². The van der Waals surface area contributed by atoms with Gasteiger partial charge in [0.25, 0.3) is 12.3 Å². The molecule has 0 aromatic carbocycles. The Bertz CT molecular complexity index is 620. The van der Waals surface area contributed by atoms with Crippen LogP contribution in [-0.2, 0) is 0 Å². The standard InChI is InChI=1S/2C7H2F5.2BrH.Sn/c2*1-2-3(8)5(10)7(12)6(11)4(2)9;;;/h2*1H2;2*1H;/q;;;;+2/p-2. The Kier molecular flexibility index (Phi) is 14.0. The van der Waals surface area contributed by atoms with Crippen LogP contribution in [0.5, 0.6) is 0 Å². The van der Waals surface area contributed by atoms with E-state index in [-0.39, 0.29) is 57.9 Å². The van der Waals surface area contributed by atoms with Crippen LogP contribution in [0.3, 0.4) is 0 Å². The zero-order valence-corrected chi connectivity index (χ0v) is 18.5. The van der Waals surface area contributed by atoms with E-state index in [0.29, 0.717) is 0 Å². The van der Waals surface area contributed by atoms with E-state index in [0.717, 1.165) is 0 Å². The van der Waals surface area contributed by atoms with E-state index < -0.39 is 70.1 Å². The fraction of sp³-hybridized carbons (Fsp3) is 0. The maximum absolute atomic E-state index is 12.3. The molecular weight excluding hydrogens is 637 g/mol. The second kappa shape index (κ2) is 12.1. The maximum atomic E-state index is 12.3. The molecule has 0 aromatic rings. The van der Waals surface area contributed by atoms with Crippen LogP contribution in [-0.4, -0.2) is 23.9 Å². The first-order chi connectivity index (χ1) is 10.9. The van der Waals surface area contributed by atoms with Gasteiger partial charge in [-0.2, -0.15) is 0 Å². The van der Waals surface area contributed by atoms with Gasteiger partial charge in [-0.05, 0) is 0 Å². The third kappa shape index (κ3) is 6.24. The first-order valence-corrected chi connectivity index (χ1v) is 5.60. The van der Waals surface area contributed by atoms with Crippen LogP contribution in [0.1, 0.15) is 0 Å². The molecule has 148 valence electrons. The predicted octanol–water partition coefficient (Wildman–Crippen LogP) is 0.345. The van der Waals surface area contributed by atoms with Crippen molar-refractivity contribution in [3.63, 3.8) is 0 Å². The number of allylic oxidation sites excluding steroid dienone is 10. The van der Waals surface area contributed by atoms with Crippen molar-refractivity contribution in [1.82, 2.24) is 0 Å². The molecule has 0 N–H and O–H groups in total. The van der Waals surface area contributed by atoms with Gasteiger partial charge in [-0.3, -0.25) is 0 Å². The fourth-order valence-electron chi connectivity index (χ4n) is 1.30. The molecule has 4 radical (unpaired) electrons. The summed E-state index contributed by atoms with van der Waals surface area (Å²) in [6.07, 6.45) is -4.34. The maximum Gasteiger partial charge on any atom is 2.00 e. The molecule has 2 aliphatic rings. The molecule has 27 heavy (non-hydrogen) atoms. The zero-order valence-electron chi connectivity index (χ0n) is 12.4. The van der Waals surface area contributed by atoms with Crippen molar-refractivity contribution in [3.8, 4) is 0 Å². The Labute approximate surface area is 184 Å². The minimum Gasteiger partial charge on any atom is -1.00 e. The molecule has 0 atom stereocenters. The van der Waals surface area contributed by atoms with Gasteiger partial charge in [0, 0.05) is 11.1 Å². The molecule has 0 saturated heterocycles. The van der Waals surface area contributed by atoms with Gasteiger partial charge in [0.05, 0.1) is 0 Å². The van der Waals surface area contributed by atoms with E-state index in [1.165, 1.54) is 0 Å². The molecule has 0 fully saturated rings. The van der Waals surface area contributed by atoms with Crippen LogP contribution in [0.2, 0.25) is 0 Å². The summed E-state index contributed by atoms with van der Waals surface area (Å²) in [5.74, 6) is -15.5. The van der Waals surface area contributed by atoms with Crippen molar-refractivity contribution in [2.24, 2.45) is 0 Å². The van der Waals surface area contributed by atoms with E-state index in [1.54, 1.807) is 0 Å². The average molecular weight is 641 g/mol. The number of hydrogen-bond donors (Lipinski definition) is 0. The molecule has 0 aliphatic heterocycles. The van der Waals surface area contributed by atoms with Gasteiger partial charge in [-0.25, -0.2) is 43.9 Å². The molecule has 13 heteroatoms. The molecule has 0 nitrogen and oxygen atoms in total. The van der Waals surface area contributed by atoms with Crippen molar-refractivity contribution >= 4 is 23.9 Å². The summed E-state index contributed by atoms with van der Waals surface area (Å²) in [4.78, 5) is 0. The van der Waals surface area contributed by atoms with Gasteiger partial charge in [0.2, 0.25) is 0 Å². The molecule has 0 heterocycles. The monoisotopic (exact) mass is 640 g/mol. The quantitative estimate of drug-likeness (QED) is 0.265. The molecular formula is C14H4Br2F10Sn. The van der Waals surface area contributed by atoms with Crippen LogP contribution < -0.4 is 34.0 Å². The Morgan fingerprint density at radius 2 is 0.519 bits per heavy atom. The number of rotatable bonds is 0. The summed E-state index contributed by atoms with van der Waals surface area (Å²) in [6, 6.07) is 0. The van der Waals surface area contributed by atoms with Crippen LogP contribution in [0.4, 0.5) is 43.9 Å². The van der Waals surface area contributed by atoms with Crippen molar-refractivity contribution in [2.45, 2.75) is 0 Å². The van der Waals surface area contributed by atoms with Crippen molar-refractivity contribution in [2.75, 3.05) is 0 Å². The Balaban J connectivity index is -0.000000384. The van der Waals surface area contributed by atoms with Crippen LogP contribution in [0.15, 0.2) is 70.9 Å².